The SMILES string of the molecule is C.C.C.C.COC(=O)c1cnc2cc(OCc3ccccc3)ccc2c1.OCc1cnc2cc(OCc3ccccc3)ccc2c1. The van der Waals surface area contributed by atoms with Crippen LogP contribution in [0.4, 0.5) is 0 Å². The third-order valence-electron chi connectivity index (χ3n) is 6.47. The molecule has 6 aromatic rings. The van der Waals surface area contributed by atoms with E-state index < -0.39 is 0 Å². The van der Waals surface area contributed by atoms with Crippen molar-refractivity contribution in [2.75, 3.05) is 7.11 Å². The van der Waals surface area contributed by atoms with Gasteiger partial charge in [0.1, 0.15) is 24.7 Å². The second kappa shape index (κ2) is 19.2. The molecule has 0 aliphatic heterocycles. The van der Waals surface area contributed by atoms with Gasteiger partial charge >= 0.3 is 5.97 Å². The maximum Gasteiger partial charge on any atom is 0.339 e. The Morgan fingerprint density at radius 1 is 0.609 bits per heavy atom. The van der Waals surface area contributed by atoms with Crippen molar-refractivity contribution in [3.63, 3.8) is 0 Å². The highest BCUT2D eigenvalue weighted by Gasteiger charge is 2.08. The highest BCUT2D eigenvalue weighted by atomic mass is 16.5. The van der Waals surface area contributed by atoms with Gasteiger partial charge in [0.2, 0.25) is 0 Å². The minimum absolute atomic E-state index is 0. The standard InChI is InChI=1S/C18H15NO3.C17H15NO2.4CH4/c1-21-18(20)15-9-14-7-8-16(10-17(14)19-11-15)22-12-13-5-3-2-4-6-13;19-11-14-8-15-6-7-16(9-17(15)18-10-14)20-12-13-4-2-1-3-5-13;;;;/h2-11H,12H2,1H3;1-10,19H,11-12H2;4*1H4. The van der Waals surface area contributed by atoms with E-state index in [1.807, 2.05) is 103 Å². The molecule has 0 aliphatic carbocycles. The minimum atomic E-state index is -0.390. The molecule has 6 rings (SSSR count). The van der Waals surface area contributed by atoms with E-state index in [-0.39, 0.29) is 42.3 Å². The molecule has 0 saturated heterocycles. The van der Waals surface area contributed by atoms with Crippen molar-refractivity contribution >= 4 is 27.8 Å². The van der Waals surface area contributed by atoms with E-state index in [0.717, 1.165) is 50.0 Å². The van der Waals surface area contributed by atoms with Crippen molar-refractivity contribution in [3.8, 4) is 11.5 Å². The third-order valence-corrected chi connectivity index (χ3v) is 6.47. The molecular formula is C39H46N2O5. The van der Waals surface area contributed by atoms with Crippen LogP contribution >= 0.6 is 0 Å². The first-order valence-corrected chi connectivity index (χ1v) is 13.4. The molecule has 0 aliphatic rings. The van der Waals surface area contributed by atoms with Crippen LogP contribution in [0.25, 0.3) is 21.8 Å². The van der Waals surface area contributed by atoms with E-state index in [0.29, 0.717) is 18.8 Å². The normalized spacial score (nSPS) is 9.61. The van der Waals surface area contributed by atoms with Gasteiger partial charge in [-0.1, -0.05) is 90.4 Å². The predicted octanol–water partition coefficient (Wildman–Crippen LogP) is 9.45. The largest absolute Gasteiger partial charge is 0.489 e. The van der Waals surface area contributed by atoms with Crippen molar-refractivity contribution < 1.29 is 24.1 Å². The fourth-order valence-electron chi connectivity index (χ4n) is 4.23. The van der Waals surface area contributed by atoms with Gasteiger partial charge in [0.05, 0.1) is 30.3 Å². The number of aliphatic hydroxyl groups excluding tert-OH is 1. The molecule has 242 valence electrons. The second-order valence-electron chi connectivity index (χ2n) is 9.47. The van der Waals surface area contributed by atoms with Gasteiger partial charge in [-0.25, -0.2) is 4.79 Å². The summed E-state index contributed by atoms with van der Waals surface area (Å²) in [5.74, 6) is 1.15. The lowest BCUT2D eigenvalue weighted by molar-refractivity contribution is 0.0600. The number of pyridine rings is 2. The van der Waals surface area contributed by atoms with Crippen molar-refractivity contribution in [1.82, 2.24) is 9.97 Å². The van der Waals surface area contributed by atoms with Gasteiger partial charge in [0, 0.05) is 35.3 Å². The summed E-state index contributed by atoms with van der Waals surface area (Å²) in [6.07, 6.45) is 3.19. The number of aromatic nitrogens is 2. The molecule has 0 unspecified atom stereocenters. The second-order valence-corrected chi connectivity index (χ2v) is 9.47. The van der Waals surface area contributed by atoms with Gasteiger partial charge in [-0.05, 0) is 53.1 Å². The zero-order chi connectivity index (χ0) is 29.1. The van der Waals surface area contributed by atoms with Crippen molar-refractivity contribution in [2.45, 2.75) is 49.5 Å². The van der Waals surface area contributed by atoms with E-state index in [2.05, 4.69) is 9.97 Å². The Kier molecular flexibility index (Phi) is 16.2. The number of aliphatic hydroxyl groups is 1. The average Bonchev–Trinajstić information content (AvgIpc) is 3.06. The van der Waals surface area contributed by atoms with Crippen LogP contribution in [0.15, 0.2) is 122 Å². The van der Waals surface area contributed by atoms with Crippen LogP contribution < -0.4 is 9.47 Å². The number of esters is 1. The lowest BCUT2D eigenvalue weighted by Crippen LogP contribution is -2.01. The van der Waals surface area contributed by atoms with Crippen LogP contribution in [0.1, 0.15) is 56.8 Å². The maximum atomic E-state index is 11.5. The van der Waals surface area contributed by atoms with Gasteiger partial charge in [0.15, 0.2) is 0 Å². The highest BCUT2D eigenvalue weighted by molar-refractivity contribution is 5.93. The van der Waals surface area contributed by atoms with Crippen molar-refractivity contribution in [1.29, 1.82) is 0 Å². The summed E-state index contributed by atoms with van der Waals surface area (Å²) < 4.78 is 16.2. The lowest BCUT2D eigenvalue weighted by Gasteiger charge is -2.07. The first-order chi connectivity index (χ1) is 20.6. The van der Waals surface area contributed by atoms with Gasteiger partial charge in [-0.3, -0.25) is 9.97 Å². The Morgan fingerprint density at radius 2 is 1.09 bits per heavy atom. The summed E-state index contributed by atoms with van der Waals surface area (Å²) in [6.45, 7) is 1.06. The molecule has 7 heteroatoms. The summed E-state index contributed by atoms with van der Waals surface area (Å²) in [6, 6.07) is 35.1. The Balaban J connectivity index is 0.000000425. The molecule has 0 amide bonds. The van der Waals surface area contributed by atoms with Crippen LogP contribution in [-0.2, 0) is 24.6 Å². The van der Waals surface area contributed by atoms with E-state index in [1.165, 1.54) is 13.3 Å². The van der Waals surface area contributed by atoms with Gasteiger partial charge in [-0.15, -0.1) is 0 Å². The van der Waals surface area contributed by atoms with E-state index >= 15 is 0 Å². The molecule has 1 N–H and O–H groups in total. The summed E-state index contributed by atoms with van der Waals surface area (Å²) in [7, 11) is 1.35. The molecule has 0 fully saturated rings. The first-order valence-electron chi connectivity index (χ1n) is 13.4. The Morgan fingerprint density at radius 3 is 1.57 bits per heavy atom. The zero-order valence-corrected chi connectivity index (χ0v) is 23.1. The molecule has 7 nitrogen and oxygen atoms in total. The number of rotatable bonds is 8. The number of hydrogen-bond donors (Lipinski definition) is 1. The highest BCUT2D eigenvalue weighted by Crippen LogP contribution is 2.22. The van der Waals surface area contributed by atoms with Crippen LogP contribution in [0, 0.1) is 0 Å². The fourth-order valence-corrected chi connectivity index (χ4v) is 4.23. The van der Waals surface area contributed by atoms with Gasteiger partial charge in [-0.2, -0.15) is 0 Å². The smallest absolute Gasteiger partial charge is 0.339 e. The summed E-state index contributed by atoms with van der Waals surface area (Å²) in [5, 5.41) is 11.0. The number of fused-ring (bicyclic) bond motifs is 2. The zero-order valence-electron chi connectivity index (χ0n) is 23.1. The first kappa shape index (κ1) is 38.8. The van der Waals surface area contributed by atoms with Gasteiger partial charge < -0.3 is 19.3 Å². The number of nitrogens with zero attached hydrogens (tertiary/aromatic N) is 2. The van der Waals surface area contributed by atoms with Crippen LogP contribution in [0.3, 0.4) is 0 Å². The molecule has 0 radical (unpaired) electrons. The van der Waals surface area contributed by atoms with Crippen LogP contribution in [-0.4, -0.2) is 28.2 Å². The topological polar surface area (TPSA) is 90.8 Å². The minimum Gasteiger partial charge on any atom is -0.489 e. The quantitative estimate of drug-likeness (QED) is 0.169. The van der Waals surface area contributed by atoms with Gasteiger partial charge in [0.25, 0.3) is 0 Å². The number of methoxy groups -OCH3 is 1. The molecule has 2 heterocycles. The Bertz CT molecular complexity index is 1780. The number of carbonyl (C=O) groups excluding carboxylic acids is 1. The summed E-state index contributed by atoms with van der Waals surface area (Å²) in [5.41, 5.74) is 5.14. The molecular weight excluding hydrogens is 576 g/mol. The van der Waals surface area contributed by atoms with Crippen molar-refractivity contribution in [2.24, 2.45) is 0 Å². The predicted molar refractivity (Wildman–Crippen MR) is 189 cm³/mol. The molecule has 4 aromatic carbocycles. The molecule has 0 saturated carbocycles. The van der Waals surface area contributed by atoms with Crippen LogP contribution in [0.5, 0.6) is 11.5 Å². The number of benzene rings is 4. The molecule has 2 aromatic heterocycles. The lowest BCUT2D eigenvalue weighted by atomic mass is 10.1. The van der Waals surface area contributed by atoms with E-state index in [4.69, 9.17) is 19.3 Å². The number of hydrogen-bond acceptors (Lipinski definition) is 7. The van der Waals surface area contributed by atoms with E-state index in [1.54, 1.807) is 12.3 Å². The molecule has 0 atom stereocenters. The Hall–Kier alpha value is -5.27. The van der Waals surface area contributed by atoms with Crippen molar-refractivity contribution in [3.05, 3.63) is 144 Å². The maximum absolute atomic E-state index is 11.5. The summed E-state index contributed by atoms with van der Waals surface area (Å²) in [4.78, 5) is 20.1. The Labute approximate surface area is 273 Å². The summed E-state index contributed by atoms with van der Waals surface area (Å²) >= 11 is 0. The molecule has 46 heavy (non-hydrogen) atoms. The monoisotopic (exact) mass is 622 g/mol. The molecule has 0 spiro atoms. The third kappa shape index (κ3) is 10.4. The van der Waals surface area contributed by atoms with E-state index in [9.17, 15) is 4.79 Å². The number of ether oxygens (including phenoxy) is 3. The number of carbonyl (C=O) groups is 1. The fraction of sp³-hybridized carbons (Fsp3) is 0.205. The van der Waals surface area contributed by atoms with Crippen LogP contribution in [0.2, 0.25) is 0 Å². The average molecular weight is 623 g/mol. The molecule has 0 bridgehead atoms.